The maximum absolute atomic E-state index is 14.2. The summed E-state index contributed by atoms with van der Waals surface area (Å²) in [7, 11) is 0. The largest absolute Gasteiger partial charge is 0.461 e. The van der Waals surface area contributed by atoms with E-state index < -0.39 is 46.6 Å². The zero-order chi connectivity index (χ0) is 25.5. The highest BCUT2D eigenvalue weighted by atomic mass is 16.6. The third-order valence-electron chi connectivity index (χ3n) is 7.91. The molecule has 1 spiro atoms. The van der Waals surface area contributed by atoms with E-state index in [1.165, 1.54) is 11.0 Å². The predicted octanol–water partition coefficient (Wildman–Crippen LogP) is 2.45. The molecule has 3 aliphatic rings. The number of ether oxygens (including phenoxy) is 2. The first kappa shape index (κ1) is 26.4. The number of aliphatic hydroxyl groups is 1. The molecular formula is C26H40N2O6. The Labute approximate surface area is 202 Å². The minimum absolute atomic E-state index is 0.0421. The third kappa shape index (κ3) is 3.79. The maximum Gasteiger partial charge on any atom is 0.313 e. The molecule has 3 rings (SSSR count). The van der Waals surface area contributed by atoms with Crippen molar-refractivity contribution in [3.05, 3.63) is 25.3 Å². The number of carbonyl (C=O) groups excluding carboxylic acids is 3. The molecule has 0 aromatic heterocycles. The Hall–Kier alpha value is -2.19. The second kappa shape index (κ2) is 9.46. The number of fused-ring (bicyclic) bond motifs is 1. The molecule has 6 atom stereocenters. The number of esters is 1. The Balaban J connectivity index is 2.17. The molecule has 0 aromatic carbocycles. The van der Waals surface area contributed by atoms with Crippen LogP contribution in [0.2, 0.25) is 0 Å². The fourth-order valence-corrected chi connectivity index (χ4v) is 6.30. The standard InChI is InChI=1S/C26H40N2O6/c1-8-14-27(24(5,6)7)22(31)20-26-13-12-25(11-4,34-26)19(23(32)33-15-9-2)18(26)21(30)28(20)17(10-3)16-29/h8-9,17-20,29H,1-2,10-16H2,3-7H3/t17-,18-,19-,20?,25+,26?/m0/s1. The van der Waals surface area contributed by atoms with Crippen LogP contribution in [0.25, 0.3) is 0 Å². The van der Waals surface area contributed by atoms with Crippen molar-refractivity contribution in [3.63, 3.8) is 0 Å². The molecule has 3 saturated heterocycles. The molecule has 0 radical (unpaired) electrons. The Kier molecular flexibility index (Phi) is 7.35. The monoisotopic (exact) mass is 476 g/mol. The van der Waals surface area contributed by atoms with Gasteiger partial charge in [0, 0.05) is 12.1 Å². The van der Waals surface area contributed by atoms with Crippen molar-refractivity contribution in [2.75, 3.05) is 19.8 Å². The maximum atomic E-state index is 14.2. The highest BCUT2D eigenvalue weighted by Crippen LogP contribution is 2.65. The van der Waals surface area contributed by atoms with E-state index >= 15 is 0 Å². The first-order valence-electron chi connectivity index (χ1n) is 12.3. The molecule has 3 heterocycles. The van der Waals surface area contributed by atoms with Gasteiger partial charge in [-0.25, -0.2) is 0 Å². The van der Waals surface area contributed by atoms with Gasteiger partial charge in [0.05, 0.1) is 24.2 Å². The van der Waals surface area contributed by atoms with Crippen molar-refractivity contribution < 1.29 is 29.0 Å². The van der Waals surface area contributed by atoms with Crippen LogP contribution in [0.3, 0.4) is 0 Å². The van der Waals surface area contributed by atoms with Gasteiger partial charge in [0.15, 0.2) is 0 Å². The number of nitrogens with zero attached hydrogens (tertiary/aromatic N) is 2. The topological polar surface area (TPSA) is 96.4 Å². The predicted molar refractivity (Wildman–Crippen MR) is 128 cm³/mol. The third-order valence-corrected chi connectivity index (χ3v) is 7.91. The lowest BCUT2D eigenvalue weighted by Gasteiger charge is -2.43. The Morgan fingerprint density at radius 2 is 1.97 bits per heavy atom. The molecule has 34 heavy (non-hydrogen) atoms. The van der Waals surface area contributed by atoms with Crippen molar-refractivity contribution in [2.45, 2.75) is 89.1 Å². The van der Waals surface area contributed by atoms with Crippen LogP contribution < -0.4 is 0 Å². The minimum atomic E-state index is -1.14. The van der Waals surface area contributed by atoms with Crippen LogP contribution in [0.4, 0.5) is 0 Å². The van der Waals surface area contributed by atoms with Crippen LogP contribution in [0, 0.1) is 11.8 Å². The van der Waals surface area contributed by atoms with E-state index in [9.17, 15) is 19.5 Å². The molecule has 190 valence electrons. The fourth-order valence-electron chi connectivity index (χ4n) is 6.30. The van der Waals surface area contributed by atoms with Gasteiger partial charge in [-0.2, -0.15) is 0 Å². The van der Waals surface area contributed by atoms with Crippen LogP contribution in [0.15, 0.2) is 25.3 Å². The highest BCUT2D eigenvalue weighted by molar-refractivity contribution is 5.99. The van der Waals surface area contributed by atoms with Crippen LogP contribution in [-0.4, -0.2) is 81.3 Å². The van der Waals surface area contributed by atoms with Crippen LogP contribution in [-0.2, 0) is 23.9 Å². The van der Waals surface area contributed by atoms with Gasteiger partial charge in [-0.3, -0.25) is 14.4 Å². The van der Waals surface area contributed by atoms with E-state index in [0.29, 0.717) is 32.2 Å². The van der Waals surface area contributed by atoms with Gasteiger partial charge in [0.25, 0.3) is 0 Å². The summed E-state index contributed by atoms with van der Waals surface area (Å²) in [5, 5.41) is 10.1. The first-order chi connectivity index (χ1) is 16.0. The summed E-state index contributed by atoms with van der Waals surface area (Å²) in [6.07, 6.45) is 5.20. The van der Waals surface area contributed by atoms with Crippen LogP contribution in [0.5, 0.6) is 0 Å². The summed E-state index contributed by atoms with van der Waals surface area (Å²) in [4.78, 5) is 44.7. The molecule has 3 aliphatic heterocycles. The Morgan fingerprint density at radius 1 is 1.29 bits per heavy atom. The molecule has 1 N–H and O–H groups in total. The summed E-state index contributed by atoms with van der Waals surface area (Å²) in [5.74, 6) is -2.70. The van der Waals surface area contributed by atoms with E-state index in [4.69, 9.17) is 9.47 Å². The lowest BCUT2D eigenvalue weighted by molar-refractivity contribution is -0.164. The summed E-state index contributed by atoms with van der Waals surface area (Å²) in [6, 6.07) is -1.50. The summed E-state index contributed by atoms with van der Waals surface area (Å²) in [6.45, 7) is 17.1. The zero-order valence-electron chi connectivity index (χ0n) is 21.2. The number of aliphatic hydroxyl groups excluding tert-OH is 1. The number of rotatable bonds is 10. The molecule has 2 amide bonds. The smallest absolute Gasteiger partial charge is 0.313 e. The Bertz CT molecular complexity index is 847. The SMILES string of the molecule is C=CCOC(=O)[C@@H]1[C@H]2C(=O)N([C@@H](CC)CO)C(C(=O)N(CC=C)C(C)(C)C)C23CC[C@@]1(CC)O3. The van der Waals surface area contributed by atoms with E-state index in [2.05, 4.69) is 13.2 Å². The fraction of sp³-hybridized carbons (Fsp3) is 0.731. The second-order valence-electron chi connectivity index (χ2n) is 10.7. The van der Waals surface area contributed by atoms with Crippen molar-refractivity contribution in [2.24, 2.45) is 11.8 Å². The lowest BCUT2D eigenvalue weighted by atomic mass is 9.65. The first-order valence-corrected chi connectivity index (χ1v) is 12.3. The number of carbonyl (C=O) groups is 3. The van der Waals surface area contributed by atoms with Crippen molar-refractivity contribution in [1.29, 1.82) is 0 Å². The highest BCUT2D eigenvalue weighted by Gasteiger charge is 2.79. The zero-order valence-corrected chi connectivity index (χ0v) is 21.2. The van der Waals surface area contributed by atoms with Crippen LogP contribution >= 0.6 is 0 Å². The molecule has 8 heteroatoms. The average molecular weight is 477 g/mol. The number of hydrogen-bond acceptors (Lipinski definition) is 6. The minimum Gasteiger partial charge on any atom is -0.461 e. The van der Waals surface area contributed by atoms with Gasteiger partial charge >= 0.3 is 5.97 Å². The van der Waals surface area contributed by atoms with Gasteiger partial charge in [-0.15, -0.1) is 6.58 Å². The van der Waals surface area contributed by atoms with Gasteiger partial charge in [-0.1, -0.05) is 32.6 Å². The molecule has 8 nitrogen and oxygen atoms in total. The van der Waals surface area contributed by atoms with E-state index in [0.717, 1.165) is 0 Å². The van der Waals surface area contributed by atoms with Gasteiger partial charge in [0.2, 0.25) is 11.8 Å². The second-order valence-corrected chi connectivity index (χ2v) is 10.7. The van der Waals surface area contributed by atoms with Gasteiger partial charge < -0.3 is 24.4 Å². The molecule has 3 fully saturated rings. The summed E-state index contributed by atoms with van der Waals surface area (Å²) < 4.78 is 12.1. The molecule has 2 unspecified atom stereocenters. The van der Waals surface area contributed by atoms with E-state index in [1.54, 1.807) is 11.0 Å². The number of likely N-dealkylation sites (tertiary alicyclic amines) is 1. The van der Waals surface area contributed by atoms with Crippen molar-refractivity contribution in [1.82, 2.24) is 9.80 Å². The van der Waals surface area contributed by atoms with E-state index in [1.807, 2.05) is 34.6 Å². The molecule has 2 bridgehead atoms. The van der Waals surface area contributed by atoms with Crippen molar-refractivity contribution >= 4 is 17.8 Å². The molecular weight excluding hydrogens is 436 g/mol. The quantitative estimate of drug-likeness (QED) is 0.384. The molecule has 0 aromatic rings. The van der Waals surface area contributed by atoms with Gasteiger partial charge in [-0.05, 0) is 46.5 Å². The normalized spacial score (nSPS) is 32.9. The Morgan fingerprint density at radius 3 is 2.47 bits per heavy atom. The molecule has 0 saturated carbocycles. The van der Waals surface area contributed by atoms with Crippen LogP contribution in [0.1, 0.15) is 60.3 Å². The summed E-state index contributed by atoms with van der Waals surface area (Å²) >= 11 is 0. The number of amides is 2. The number of hydrogen-bond donors (Lipinski definition) is 1. The van der Waals surface area contributed by atoms with Gasteiger partial charge in [0.1, 0.15) is 24.2 Å². The average Bonchev–Trinajstić information content (AvgIpc) is 3.40. The summed E-state index contributed by atoms with van der Waals surface area (Å²) in [5.41, 5.74) is -2.53. The molecule has 0 aliphatic carbocycles. The lowest BCUT2D eigenvalue weighted by Crippen LogP contribution is -2.61. The van der Waals surface area contributed by atoms with Crippen molar-refractivity contribution in [3.8, 4) is 0 Å². The van der Waals surface area contributed by atoms with E-state index in [-0.39, 0.29) is 25.0 Å².